The molecule has 2 nitrogen and oxygen atoms in total. The van der Waals surface area contributed by atoms with Crippen molar-refractivity contribution < 1.29 is 0 Å². The summed E-state index contributed by atoms with van der Waals surface area (Å²) in [6, 6.07) is 6.25. The Bertz CT molecular complexity index is 494. The van der Waals surface area contributed by atoms with Gasteiger partial charge in [-0.25, -0.2) is 0 Å². The highest BCUT2D eigenvalue weighted by Gasteiger charge is 2.04. The second-order valence-corrected chi connectivity index (χ2v) is 3.46. The molecule has 0 saturated heterocycles. The normalized spacial score (nSPS) is 10.4. The molecule has 2 aromatic rings. The van der Waals surface area contributed by atoms with Gasteiger partial charge in [0.2, 0.25) is 0 Å². The zero-order valence-corrected chi connectivity index (χ0v) is 8.69. The van der Waals surface area contributed by atoms with Gasteiger partial charge in [-0.05, 0) is 18.1 Å². The third kappa shape index (κ3) is 1.71. The Labute approximate surface area is 89.5 Å². The minimum Gasteiger partial charge on any atom is -0.261 e. The highest BCUT2D eigenvalue weighted by Crippen LogP contribution is 2.19. The van der Waals surface area contributed by atoms with E-state index >= 15 is 0 Å². The quantitative estimate of drug-likeness (QED) is 0.691. The SMILES string of the molecule is C=CCc1cccc2c1cnn2CC=C. The monoisotopic (exact) mass is 198 g/mol. The van der Waals surface area contributed by atoms with Crippen LogP contribution in [-0.4, -0.2) is 9.78 Å². The first-order valence-electron chi connectivity index (χ1n) is 5.02. The summed E-state index contributed by atoms with van der Waals surface area (Å²) in [6.07, 6.45) is 6.57. The van der Waals surface area contributed by atoms with Crippen LogP contribution in [0.25, 0.3) is 10.9 Å². The second kappa shape index (κ2) is 4.13. The lowest BCUT2D eigenvalue weighted by Crippen LogP contribution is -1.96. The van der Waals surface area contributed by atoms with Gasteiger partial charge in [-0.1, -0.05) is 24.3 Å². The maximum atomic E-state index is 4.34. The molecule has 0 saturated carbocycles. The summed E-state index contributed by atoms with van der Waals surface area (Å²) in [5, 5.41) is 5.55. The summed E-state index contributed by atoms with van der Waals surface area (Å²) in [6.45, 7) is 8.24. The minimum atomic E-state index is 0.751. The predicted molar refractivity (Wildman–Crippen MR) is 63.8 cm³/mol. The first-order valence-corrected chi connectivity index (χ1v) is 5.02. The molecule has 2 rings (SSSR count). The molecule has 0 amide bonds. The molecule has 76 valence electrons. The van der Waals surface area contributed by atoms with E-state index < -0.39 is 0 Å². The summed E-state index contributed by atoms with van der Waals surface area (Å²) in [4.78, 5) is 0. The molecular formula is C13H14N2. The van der Waals surface area contributed by atoms with E-state index in [-0.39, 0.29) is 0 Å². The summed E-state index contributed by atoms with van der Waals surface area (Å²) in [5.41, 5.74) is 2.44. The topological polar surface area (TPSA) is 17.8 Å². The molecule has 1 heterocycles. The predicted octanol–water partition coefficient (Wildman–Crippen LogP) is 2.95. The molecule has 0 bridgehead atoms. The summed E-state index contributed by atoms with van der Waals surface area (Å²) >= 11 is 0. The Hall–Kier alpha value is -1.83. The molecule has 15 heavy (non-hydrogen) atoms. The molecule has 0 aliphatic rings. The van der Waals surface area contributed by atoms with Crippen LogP contribution in [0.4, 0.5) is 0 Å². The van der Waals surface area contributed by atoms with Gasteiger partial charge in [0.1, 0.15) is 0 Å². The fourth-order valence-corrected chi connectivity index (χ4v) is 1.76. The van der Waals surface area contributed by atoms with Crippen molar-refractivity contribution in [2.75, 3.05) is 0 Å². The van der Waals surface area contributed by atoms with Crippen LogP contribution in [0, 0.1) is 0 Å². The van der Waals surface area contributed by atoms with Gasteiger partial charge in [0.15, 0.2) is 0 Å². The smallest absolute Gasteiger partial charge is 0.0689 e. The summed E-state index contributed by atoms with van der Waals surface area (Å²) in [5.74, 6) is 0. The van der Waals surface area contributed by atoms with Crippen molar-refractivity contribution in [2.45, 2.75) is 13.0 Å². The van der Waals surface area contributed by atoms with Crippen molar-refractivity contribution in [2.24, 2.45) is 0 Å². The van der Waals surface area contributed by atoms with Gasteiger partial charge in [0, 0.05) is 5.39 Å². The fourth-order valence-electron chi connectivity index (χ4n) is 1.76. The van der Waals surface area contributed by atoms with E-state index in [2.05, 4.69) is 36.5 Å². The number of aromatic nitrogens is 2. The third-order valence-electron chi connectivity index (χ3n) is 2.44. The lowest BCUT2D eigenvalue weighted by molar-refractivity contribution is 0.729. The van der Waals surface area contributed by atoms with Crippen molar-refractivity contribution >= 4 is 10.9 Å². The lowest BCUT2D eigenvalue weighted by Gasteiger charge is -2.01. The maximum absolute atomic E-state index is 4.34. The molecule has 0 N–H and O–H groups in total. The van der Waals surface area contributed by atoms with Crippen LogP contribution in [0.5, 0.6) is 0 Å². The number of nitrogens with zero attached hydrogens (tertiary/aromatic N) is 2. The minimum absolute atomic E-state index is 0.751. The van der Waals surface area contributed by atoms with E-state index in [1.165, 1.54) is 10.9 Å². The molecule has 0 unspecified atom stereocenters. The van der Waals surface area contributed by atoms with E-state index in [1.807, 2.05) is 23.0 Å². The second-order valence-electron chi connectivity index (χ2n) is 3.46. The van der Waals surface area contributed by atoms with Crippen molar-refractivity contribution in [3.63, 3.8) is 0 Å². The average molecular weight is 198 g/mol. The van der Waals surface area contributed by atoms with E-state index in [0.29, 0.717) is 0 Å². The standard InChI is InChI=1S/C13H14N2/c1-3-6-11-7-5-8-13-12(11)10-14-15(13)9-4-2/h3-5,7-8,10H,1-2,6,9H2. The highest BCUT2D eigenvalue weighted by atomic mass is 15.3. The molecule has 1 aromatic carbocycles. The average Bonchev–Trinajstić information content (AvgIpc) is 2.64. The number of hydrogen-bond donors (Lipinski definition) is 0. The van der Waals surface area contributed by atoms with Crippen LogP contribution in [-0.2, 0) is 13.0 Å². The molecule has 0 atom stereocenters. The van der Waals surface area contributed by atoms with Gasteiger partial charge >= 0.3 is 0 Å². The lowest BCUT2D eigenvalue weighted by atomic mass is 10.1. The van der Waals surface area contributed by atoms with Crippen LogP contribution < -0.4 is 0 Å². The van der Waals surface area contributed by atoms with E-state index in [4.69, 9.17) is 0 Å². The van der Waals surface area contributed by atoms with Gasteiger partial charge in [-0.2, -0.15) is 5.10 Å². The Balaban J connectivity index is 2.57. The molecule has 0 spiro atoms. The zero-order valence-electron chi connectivity index (χ0n) is 8.69. The third-order valence-corrected chi connectivity index (χ3v) is 2.44. The highest BCUT2D eigenvalue weighted by molar-refractivity contribution is 5.82. The van der Waals surface area contributed by atoms with Gasteiger partial charge in [0.05, 0.1) is 18.3 Å². The molecule has 0 radical (unpaired) electrons. The summed E-state index contributed by atoms with van der Waals surface area (Å²) < 4.78 is 1.95. The number of rotatable bonds is 4. The number of allylic oxidation sites excluding steroid dienone is 2. The van der Waals surface area contributed by atoms with Gasteiger partial charge < -0.3 is 0 Å². The first kappa shape index (κ1) is 9.71. The van der Waals surface area contributed by atoms with Gasteiger partial charge in [-0.3, -0.25) is 4.68 Å². The van der Waals surface area contributed by atoms with Gasteiger partial charge in [0.25, 0.3) is 0 Å². The van der Waals surface area contributed by atoms with Crippen LogP contribution in [0.1, 0.15) is 5.56 Å². The van der Waals surface area contributed by atoms with E-state index in [0.717, 1.165) is 18.5 Å². The van der Waals surface area contributed by atoms with Gasteiger partial charge in [-0.15, -0.1) is 13.2 Å². The largest absolute Gasteiger partial charge is 0.261 e. The Morgan fingerprint density at radius 3 is 2.87 bits per heavy atom. The molecule has 0 aliphatic heterocycles. The Morgan fingerprint density at radius 2 is 2.13 bits per heavy atom. The van der Waals surface area contributed by atoms with Crippen LogP contribution in [0.15, 0.2) is 49.7 Å². The van der Waals surface area contributed by atoms with Crippen molar-refractivity contribution in [1.29, 1.82) is 0 Å². The fraction of sp³-hybridized carbons (Fsp3) is 0.154. The Kier molecular flexibility index (Phi) is 2.68. The molecule has 0 aliphatic carbocycles. The van der Waals surface area contributed by atoms with Crippen molar-refractivity contribution in [3.8, 4) is 0 Å². The van der Waals surface area contributed by atoms with Crippen LogP contribution in [0.3, 0.4) is 0 Å². The van der Waals surface area contributed by atoms with E-state index in [9.17, 15) is 0 Å². The Morgan fingerprint density at radius 1 is 1.27 bits per heavy atom. The zero-order chi connectivity index (χ0) is 10.7. The molecule has 2 heteroatoms. The first-order chi connectivity index (χ1) is 7.36. The number of hydrogen-bond acceptors (Lipinski definition) is 1. The number of benzene rings is 1. The number of fused-ring (bicyclic) bond motifs is 1. The molecule has 0 fully saturated rings. The summed E-state index contributed by atoms with van der Waals surface area (Å²) in [7, 11) is 0. The maximum Gasteiger partial charge on any atom is 0.0689 e. The van der Waals surface area contributed by atoms with Crippen molar-refractivity contribution in [3.05, 3.63) is 55.3 Å². The molecule has 1 aromatic heterocycles. The molecular weight excluding hydrogens is 184 g/mol. The van der Waals surface area contributed by atoms with Crippen molar-refractivity contribution in [1.82, 2.24) is 9.78 Å². The van der Waals surface area contributed by atoms with E-state index in [1.54, 1.807) is 0 Å². The van der Waals surface area contributed by atoms with Crippen LogP contribution in [0.2, 0.25) is 0 Å². The van der Waals surface area contributed by atoms with Crippen LogP contribution >= 0.6 is 0 Å².